The molecule has 0 radical (unpaired) electrons. The van der Waals surface area contributed by atoms with Gasteiger partial charge in [0.1, 0.15) is 5.82 Å². The average Bonchev–Trinajstić information content (AvgIpc) is 2.91. The summed E-state index contributed by atoms with van der Waals surface area (Å²) in [5.41, 5.74) is 0.940. The Labute approximate surface area is 128 Å². The highest BCUT2D eigenvalue weighted by atomic mass is 35.5. The molecule has 4 nitrogen and oxygen atoms in total. The van der Waals surface area contributed by atoms with Crippen molar-refractivity contribution >= 4 is 11.6 Å². The maximum Gasteiger partial charge on any atom is 0.227 e. The molecular weight excluding hydrogens is 293 g/mol. The zero-order valence-corrected chi connectivity index (χ0v) is 13.1. The highest BCUT2D eigenvalue weighted by Gasteiger charge is 2.11. The van der Waals surface area contributed by atoms with E-state index in [4.69, 9.17) is 16.1 Å². The lowest BCUT2D eigenvalue weighted by Gasteiger charge is -2.13. The Bertz CT molecular complexity index is 600. The van der Waals surface area contributed by atoms with E-state index in [0.717, 1.165) is 11.4 Å². The fourth-order valence-corrected chi connectivity index (χ4v) is 2.09. The van der Waals surface area contributed by atoms with E-state index < -0.39 is 5.82 Å². The van der Waals surface area contributed by atoms with Crippen molar-refractivity contribution < 1.29 is 8.91 Å². The normalized spacial score (nSPS) is 12.9. The summed E-state index contributed by atoms with van der Waals surface area (Å²) in [4.78, 5) is 4.32. The van der Waals surface area contributed by atoms with Crippen LogP contribution in [-0.4, -0.2) is 16.7 Å². The van der Waals surface area contributed by atoms with Gasteiger partial charge in [-0.05, 0) is 24.6 Å². The van der Waals surface area contributed by atoms with Crippen LogP contribution in [0.2, 0.25) is 5.02 Å². The molecule has 6 heteroatoms. The van der Waals surface area contributed by atoms with Crippen molar-refractivity contribution in [3.8, 4) is 0 Å². The number of rotatable bonds is 6. The van der Waals surface area contributed by atoms with Gasteiger partial charge in [-0.1, -0.05) is 36.7 Å². The molecule has 0 fully saturated rings. The first-order valence-corrected chi connectivity index (χ1v) is 7.36. The van der Waals surface area contributed by atoms with Crippen LogP contribution in [0.15, 0.2) is 22.7 Å². The van der Waals surface area contributed by atoms with Crippen molar-refractivity contribution in [1.29, 1.82) is 0 Å². The number of nitrogens with zero attached hydrogens (tertiary/aromatic N) is 2. The summed E-state index contributed by atoms with van der Waals surface area (Å²) < 4.78 is 18.3. The molecule has 0 saturated heterocycles. The number of halogens is 2. The average molecular weight is 312 g/mol. The molecule has 1 atom stereocenters. The van der Waals surface area contributed by atoms with E-state index in [0.29, 0.717) is 18.9 Å². The van der Waals surface area contributed by atoms with Crippen LogP contribution in [0.3, 0.4) is 0 Å². The van der Waals surface area contributed by atoms with Gasteiger partial charge >= 0.3 is 0 Å². The Kier molecular flexibility index (Phi) is 5.31. The van der Waals surface area contributed by atoms with Crippen molar-refractivity contribution in [2.75, 3.05) is 6.54 Å². The molecule has 0 aliphatic carbocycles. The maximum atomic E-state index is 13.1. The van der Waals surface area contributed by atoms with Gasteiger partial charge in [-0.3, -0.25) is 0 Å². The molecule has 2 aromatic rings. The second kappa shape index (κ2) is 7.00. The van der Waals surface area contributed by atoms with Crippen LogP contribution < -0.4 is 5.32 Å². The molecule has 0 spiro atoms. The zero-order valence-electron chi connectivity index (χ0n) is 12.4. The van der Waals surface area contributed by atoms with E-state index in [2.05, 4.69) is 15.5 Å². The molecule has 1 heterocycles. The molecule has 0 bridgehead atoms. The largest absolute Gasteiger partial charge is 0.339 e. The molecule has 1 aromatic heterocycles. The zero-order chi connectivity index (χ0) is 15.4. The van der Waals surface area contributed by atoms with Gasteiger partial charge in [0.05, 0.1) is 5.02 Å². The molecule has 0 aliphatic heterocycles. The number of nitrogens with one attached hydrogen (secondary N) is 1. The summed E-state index contributed by atoms with van der Waals surface area (Å²) in [5, 5.41) is 7.38. The summed E-state index contributed by atoms with van der Waals surface area (Å²) in [6.07, 6.45) is 0.652. The molecule has 0 saturated carbocycles. The fraction of sp³-hybridized carbons (Fsp3) is 0.467. The Morgan fingerprint density at radius 1 is 1.33 bits per heavy atom. The lowest BCUT2D eigenvalue weighted by Crippen LogP contribution is -2.21. The van der Waals surface area contributed by atoms with Crippen LogP contribution in [-0.2, 0) is 6.42 Å². The highest BCUT2D eigenvalue weighted by molar-refractivity contribution is 6.30. The van der Waals surface area contributed by atoms with Gasteiger partial charge < -0.3 is 9.84 Å². The second-order valence-electron chi connectivity index (χ2n) is 5.30. The Morgan fingerprint density at radius 2 is 2.10 bits per heavy atom. The Hall–Kier alpha value is -1.46. The van der Waals surface area contributed by atoms with Gasteiger partial charge in [-0.2, -0.15) is 4.98 Å². The van der Waals surface area contributed by atoms with Crippen LogP contribution in [0.4, 0.5) is 4.39 Å². The third-order valence-electron chi connectivity index (χ3n) is 3.23. The third kappa shape index (κ3) is 4.25. The molecule has 21 heavy (non-hydrogen) atoms. The van der Waals surface area contributed by atoms with Crippen LogP contribution in [0.25, 0.3) is 0 Å². The van der Waals surface area contributed by atoms with Crippen LogP contribution in [0.1, 0.15) is 50.0 Å². The van der Waals surface area contributed by atoms with Crippen LogP contribution >= 0.6 is 11.6 Å². The summed E-state index contributed by atoms with van der Waals surface area (Å²) in [5.74, 6) is 1.20. The van der Waals surface area contributed by atoms with Crippen molar-refractivity contribution in [2.45, 2.75) is 39.2 Å². The van der Waals surface area contributed by atoms with Crippen molar-refractivity contribution in [1.82, 2.24) is 15.5 Å². The first-order chi connectivity index (χ1) is 9.97. The van der Waals surface area contributed by atoms with E-state index in [9.17, 15) is 4.39 Å². The van der Waals surface area contributed by atoms with E-state index in [1.807, 2.05) is 20.8 Å². The minimum atomic E-state index is -0.403. The monoisotopic (exact) mass is 311 g/mol. The van der Waals surface area contributed by atoms with Crippen molar-refractivity contribution in [2.24, 2.45) is 0 Å². The number of hydrogen-bond donors (Lipinski definition) is 1. The summed E-state index contributed by atoms with van der Waals surface area (Å²) >= 11 is 5.78. The molecule has 1 unspecified atom stereocenters. The molecule has 1 N–H and O–H groups in total. The molecular formula is C15H19ClFN3O. The molecule has 2 rings (SSSR count). The SMILES string of the molecule is CC(C)c1noc(CCNC(C)c2ccc(F)c(Cl)c2)n1. The molecule has 1 aromatic carbocycles. The third-order valence-corrected chi connectivity index (χ3v) is 3.52. The summed E-state index contributed by atoms with van der Waals surface area (Å²) in [7, 11) is 0. The second-order valence-corrected chi connectivity index (χ2v) is 5.71. The minimum absolute atomic E-state index is 0.0654. The first kappa shape index (κ1) is 15.9. The Balaban J connectivity index is 1.85. The highest BCUT2D eigenvalue weighted by Crippen LogP contribution is 2.20. The first-order valence-electron chi connectivity index (χ1n) is 6.98. The van der Waals surface area contributed by atoms with Gasteiger partial charge in [0.15, 0.2) is 5.82 Å². The van der Waals surface area contributed by atoms with Crippen molar-refractivity contribution in [3.05, 3.63) is 46.3 Å². The number of benzene rings is 1. The fourth-order valence-electron chi connectivity index (χ4n) is 1.90. The lowest BCUT2D eigenvalue weighted by atomic mass is 10.1. The summed E-state index contributed by atoms with van der Waals surface area (Å²) in [6, 6.07) is 4.80. The van der Waals surface area contributed by atoms with E-state index >= 15 is 0 Å². The van der Waals surface area contributed by atoms with E-state index in [1.54, 1.807) is 12.1 Å². The molecule has 0 amide bonds. The van der Waals surface area contributed by atoms with Crippen LogP contribution in [0.5, 0.6) is 0 Å². The van der Waals surface area contributed by atoms with Gasteiger partial charge in [0, 0.05) is 24.9 Å². The standard InChI is InChI=1S/C15H19ClFN3O/c1-9(2)15-19-14(21-20-15)6-7-18-10(3)11-4-5-13(17)12(16)8-11/h4-5,8-10,18H,6-7H2,1-3H3. The minimum Gasteiger partial charge on any atom is -0.339 e. The Morgan fingerprint density at radius 3 is 2.71 bits per heavy atom. The smallest absolute Gasteiger partial charge is 0.227 e. The van der Waals surface area contributed by atoms with Gasteiger partial charge in [0.2, 0.25) is 5.89 Å². The lowest BCUT2D eigenvalue weighted by molar-refractivity contribution is 0.367. The van der Waals surface area contributed by atoms with Crippen molar-refractivity contribution in [3.63, 3.8) is 0 Å². The van der Waals surface area contributed by atoms with E-state index in [1.165, 1.54) is 6.07 Å². The molecule has 114 valence electrons. The topological polar surface area (TPSA) is 51.0 Å². The summed E-state index contributed by atoms with van der Waals surface area (Å²) in [6.45, 7) is 6.73. The molecule has 0 aliphatic rings. The van der Waals surface area contributed by atoms with Gasteiger partial charge in [-0.15, -0.1) is 0 Å². The van der Waals surface area contributed by atoms with Crippen LogP contribution in [0, 0.1) is 5.82 Å². The quantitative estimate of drug-likeness (QED) is 0.879. The van der Waals surface area contributed by atoms with Gasteiger partial charge in [-0.25, -0.2) is 4.39 Å². The predicted molar refractivity (Wildman–Crippen MR) is 79.9 cm³/mol. The maximum absolute atomic E-state index is 13.1. The van der Waals surface area contributed by atoms with E-state index in [-0.39, 0.29) is 17.0 Å². The predicted octanol–water partition coefficient (Wildman–Crippen LogP) is 3.88. The number of hydrogen-bond acceptors (Lipinski definition) is 4. The number of aromatic nitrogens is 2. The van der Waals surface area contributed by atoms with Gasteiger partial charge in [0.25, 0.3) is 0 Å².